The molecule has 0 aliphatic carbocycles. The zero-order valence-corrected chi connectivity index (χ0v) is 11.0. The molecular formula is C10H16Cl2N4. The maximum absolute atomic E-state index is 5.97. The Balaban J connectivity index is 0.00000128. The number of rotatable bonds is 2. The van der Waals surface area contributed by atoms with Crippen molar-refractivity contribution in [2.45, 2.75) is 19.4 Å². The molecule has 0 unspecified atom stereocenters. The fraction of sp³-hybridized carbons (Fsp3) is 0.600. The van der Waals surface area contributed by atoms with Gasteiger partial charge in [-0.15, -0.1) is 12.4 Å². The molecule has 1 atom stereocenters. The van der Waals surface area contributed by atoms with Crippen molar-refractivity contribution in [3.05, 3.63) is 16.9 Å². The Hall–Kier alpha value is -0.580. The summed E-state index contributed by atoms with van der Waals surface area (Å²) >= 11 is 5.97. The van der Waals surface area contributed by atoms with Crippen LogP contribution in [0.2, 0.25) is 5.15 Å². The summed E-state index contributed by atoms with van der Waals surface area (Å²) in [5, 5.41) is 3.86. The van der Waals surface area contributed by atoms with Gasteiger partial charge < -0.3 is 10.2 Å². The molecule has 0 spiro atoms. The molecule has 0 aromatic carbocycles. The summed E-state index contributed by atoms with van der Waals surface area (Å²) in [6.07, 6.45) is 2.90. The van der Waals surface area contributed by atoms with Crippen molar-refractivity contribution in [3.63, 3.8) is 0 Å². The molecule has 1 aromatic rings. The van der Waals surface area contributed by atoms with Gasteiger partial charge in [0, 0.05) is 31.4 Å². The number of nitrogens with one attached hydrogen (secondary N) is 1. The van der Waals surface area contributed by atoms with Gasteiger partial charge in [0.1, 0.15) is 5.15 Å². The molecule has 0 saturated carbocycles. The third-order valence-electron chi connectivity index (χ3n) is 2.79. The fourth-order valence-corrected chi connectivity index (χ4v) is 1.84. The number of halogens is 2. The maximum Gasteiger partial charge on any atom is 0.226 e. The van der Waals surface area contributed by atoms with E-state index in [2.05, 4.69) is 20.2 Å². The predicted octanol–water partition coefficient (Wildman–Crippen LogP) is 1.66. The second kappa shape index (κ2) is 5.66. The summed E-state index contributed by atoms with van der Waals surface area (Å²) in [5.41, 5.74) is 0.915. The minimum absolute atomic E-state index is 0. The Kier molecular flexibility index (Phi) is 4.77. The number of hydrogen-bond donors (Lipinski definition) is 1. The molecule has 1 fully saturated rings. The number of aryl methyl sites for hydroxylation is 1. The minimum atomic E-state index is 0. The van der Waals surface area contributed by atoms with Crippen LogP contribution >= 0.6 is 24.0 Å². The topological polar surface area (TPSA) is 41.1 Å². The summed E-state index contributed by atoms with van der Waals surface area (Å²) in [5.74, 6) is 0.708. The van der Waals surface area contributed by atoms with Crippen LogP contribution in [-0.4, -0.2) is 36.1 Å². The van der Waals surface area contributed by atoms with Gasteiger partial charge in [0.15, 0.2) is 0 Å². The lowest BCUT2D eigenvalue weighted by Gasteiger charge is -2.23. The molecule has 0 radical (unpaired) electrons. The van der Waals surface area contributed by atoms with E-state index >= 15 is 0 Å². The van der Waals surface area contributed by atoms with Gasteiger partial charge >= 0.3 is 0 Å². The first-order valence-electron chi connectivity index (χ1n) is 5.11. The third-order valence-corrected chi connectivity index (χ3v) is 3.18. The van der Waals surface area contributed by atoms with E-state index in [4.69, 9.17) is 11.6 Å². The van der Waals surface area contributed by atoms with Gasteiger partial charge in [0.05, 0.1) is 0 Å². The average Bonchev–Trinajstić information content (AvgIpc) is 2.74. The summed E-state index contributed by atoms with van der Waals surface area (Å²) < 4.78 is 0. The van der Waals surface area contributed by atoms with E-state index in [1.54, 1.807) is 6.20 Å². The van der Waals surface area contributed by atoms with Crippen LogP contribution in [0.3, 0.4) is 0 Å². The predicted molar refractivity (Wildman–Crippen MR) is 68.7 cm³/mol. The number of hydrogen-bond acceptors (Lipinski definition) is 4. The molecule has 0 bridgehead atoms. The van der Waals surface area contributed by atoms with Crippen molar-refractivity contribution in [2.24, 2.45) is 0 Å². The summed E-state index contributed by atoms with van der Waals surface area (Å²) in [6, 6.07) is 0.476. The van der Waals surface area contributed by atoms with Crippen LogP contribution in [0.25, 0.3) is 0 Å². The average molecular weight is 263 g/mol. The summed E-state index contributed by atoms with van der Waals surface area (Å²) in [6.45, 7) is 3.96. The van der Waals surface area contributed by atoms with Crippen LogP contribution in [-0.2, 0) is 0 Å². The quantitative estimate of drug-likeness (QED) is 0.824. The number of anilines is 1. The highest BCUT2D eigenvalue weighted by molar-refractivity contribution is 6.30. The van der Waals surface area contributed by atoms with Crippen molar-refractivity contribution in [1.29, 1.82) is 0 Å². The van der Waals surface area contributed by atoms with Gasteiger partial charge in [0.25, 0.3) is 0 Å². The van der Waals surface area contributed by atoms with Gasteiger partial charge in [-0.1, -0.05) is 11.6 Å². The van der Waals surface area contributed by atoms with Crippen LogP contribution < -0.4 is 10.2 Å². The molecule has 0 amide bonds. The van der Waals surface area contributed by atoms with E-state index in [0.717, 1.165) is 25.1 Å². The Morgan fingerprint density at radius 1 is 1.56 bits per heavy atom. The van der Waals surface area contributed by atoms with Gasteiger partial charge in [0.2, 0.25) is 5.95 Å². The normalized spacial score (nSPS) is 19.3. The second-order valence-corrected chi connectivity index (χ2v) is 4.26. The Morgan fingerprint density at radius 3 is 2.88 bits per heavy atom. The van der Waals surface area contributed by atoms with Crippen LogP contribution in [0.15, 0.2) is 6.20 Å². The summed E-state index contributed by atoms with van der Waals surface area (Å²) in [4.78, 5) is 10.6. The molecule has 4 nitrogen and oxygen atoms in total. The lowest BCUT2D eigenvalue weighted by Crippen LogP contribution is -2.34. The lowest BCUT2D eigenvalue weighted by atomic mass is 10.2. The molecule has 16 heavy (non-hydrogen) atoms. The highest BCUT2D eigenvalue weighted by Gasteiger charge is 2.21. The Labute approximate surface area is 107 Å². The smallest absolute Gasteiger partial charge is 0.226 e. The zero-order chi connectivity index (χ0) is 10.8. The van der Waals surface area contributed by atoms with E-state index in [1.165, 1.54) is 0 Å². The highest BCUT2D eigenvalue weighted by atomic mass is 35.5. The number of aromatic nitrogens is 2. The standard InChI is InChI=1S/C10H15ClN4.ClH/c1-7-5-13-10(14-9(7)11)15(2)8-3-4-12-6-8;/h5,8,12H,3-4,6H2,1-2H3;1H/t8-;/m1./s1. The van der Waals surface area contributed by atoms with Gasteiger partial charge in [-0.25, -0.2) is 9.97 Å². The molecule has 2 rings (SSSR count). The van der Waals surface area contributed by atoms with Crippen LogP contribution in [0.5, 0.6) is 0 Å². The Bertz CT molecular complexity index is 353. The van der Waals surface area contributed by atoms with Crippen LogP contribution in [0, 0.1) is 6.92 Å². The van der Waals surface area contributed by atoms with Gasteiger partial charge in [-0.05, 0) is 19.9 Å². The number of likely N-dealkylation sites (N-methyl/N-ethyl adjacent to an activating group) is 1. The molecule has 6 heteroatoms. The van der Waals surface area contributed by atoms with Crippen molar-refractivity contribution >= 4 is 30.0 Å². The van der Waals surface area contributed by atoms with Gasteiger partial charge in [-0.2, -0.15) is 0 Å². The van der Waals surface area contributed by atoms with Crippen LogP contribution in [0.1, 0.15) is 12.0 Å². The second-order valence-electron chi connectivity index (χ2n) is 3.90. The molecule has 1 aliphatic heterocycles. The van der Waals surface area contributed by atoms with E-state index in [0.29, 0.717) is 17.1 Å². The largest absolute Gasteiger partial charge is 0.340 e. The molecule has 1 aromatic heterocycles. The molecule has 2 heterocycles. The first-order chi connectivity index (χ1) is 7.18. The molecule has 90 valence electrons. The third kappa shape index (κ3) is 2.75. The van der Waals surface area contributed by atoms with E-state index in [-0.39, 0.29) is 12.4 Å². The monoisotopic (exact) mass is 262 g/mol. The molecular weight excluding hydrogens is 247 g/mol. The SMILES string of the molecule is Cc1cnc(N(C)[C@@H]2CCNC2)nc1Cl.Cl. The number of nitrogens with zero attached hydrogens (tertiary/aromatic N) is 3. The molecule has 1 aliphatic rings. The maximum atomic E-state index is 5.97. The van der Waals surface area contributed by atoms with Crippen LogP contribution in [0.4, 0.5) is 5.95 Å². The first-order valence-corrected chi connectivity index (χ1v) is 5.49. The van der Waals surface area contributed by atoms with E-state index in [9.17, 15) is 0 Å². The Morgan fingerprint density at radius 2 is 2.31 bits per heavy atom. The van der Waals surface area contributed by atoms with Crippen molar-refractivity contribution in [1.82, 2.24) is 15.3 Å². The van der Waals surface area contributed by atoms with Crippen molar-refractivity contribution in [3.8, 4) is 0 Å². The highest BCUT2D eigenvalue weighted by Crippen LogP contribution is 2.17. The molecule has 1 saturated heterocycles. The fourth-order valence-electron chi connectivity index (χ4n) is 1.72. The van der Waals surface area contributed by atoms with Crippen molar-refractivity contribution < 1.29 is 0 Å². The molecule has 1 N–H and O–H groups in total. The van der Waals surface area contributed by atoms with E-state index < -0.39 is 0 Å². The van der Waals surface area contributed by atoms with E-state index in [1.807, 2.05) is 14.0 Å². The van der Waals surface area contributed by atoms with Crippen molar-refractivity contribution in [2.75, 3.05) is 25.0 Å². The first kappa shape index (κ1) is 13.5. The summed E-state index contributed by atoms with van der Waals surface area (Å²) in [7, 11) is 2.01. The zero-order valence-electron chi connectivity index (χ0n) is 9.40. The minimum Gasteiger partial charge on any atom is -0.340 e. The lowest BCUT2D eigenvalue weighted by molar-refractivity contribution is 0.668. The van der Waals surface area contributed by atoms with Gasteiger partial charge in [-0.3, -0.25) is 0 Å².